The van der Waals surface area contributed by atoms with Crippen LogP contribution in [0.1, 0.15) is 11.1 Å². The fraction of sp³-hybridized carbons (Fsp3) is 0.188. The zero-order chi connectivity index (χ0) is 15.7. The van der Waals surface area contributed by atoms with Crippen LogP contribution in [0.4, 0.5) is 10.8 Å². The Morgan fingerprint density at radius 1 is 1.27 bits per heavy atom. The lowest BCUT2D eigenvalue weighted by Crippen LogP contribution is -2.16. The lowest BCUT2D eigenvalue weighted by Gasteiger charge is -2.16. The predicted octanol–water partition coefficient (Wildman–Crippen LogP) is 4.15. The van der Waals surface area contributed by atoms with Gasteiger partial charge < -0.3 is 4.90 Å². The molecule has 0 aliphatic heterocycles. The van der Waals surface area contributed by atoms with Crippen molar-refractivity contribution in [2.24, 2.45) is 0 Å². The summed E-state index contributed by atoms with van der Waals surface area (Å²) in [6.45, 7) is 2.85. The maximum absolute atomic E-state index is 10.8. The number of thiazole rings is 1. The molecule has 0 atom stereocenters. The van der Waals surface area contributed by atoms with Gasteiger partial charge in [0, 0.05) is 25.7 Å². The largest absolute Gasteiger partial charge is 0.347 e. The molecule has 22 heavy (non-hydrogen) atoms. The number of fused-ring (bicyclic) bond motifs is 1. The third-order valence-corrected chi connectivity index (χ3v) is 4.70. The summed E-state index contributed by atoms with van der Waals surface area (Å²) in [5, 5.41) is 11.7. The molecule has 0 aliphatic carbocycles. The maximum atomic E-state index is 10.8. The van der Waals surface area contributed by atoms with E-state index in [1.807, 2.05) is 19.2 Å². The van der Waals surface area contributed by atoms with Crippen molar-refractivity contribution in [3.8, 4) is 0 Å². The summed E-state index contributed by atoms with van der Waals surface area (Å²) >= 11 is 1.47. The van der Waals surface area contributed by atoms with Crippen LogP contribution in [0, 0.1) is 17.0 Å². The Bertz CT molecular complexity index is 844. The normalized spacial score (nSPS) is 10.8. The summed E-state index contributed by atoms with van der Waals surface area (Å²) in [7, 11) is 1.98. The van der Waals surface area contributed by atoms with Crippen molar-refractivity contribution in [2.45, 2.75) is 13.5 Å². The molecule has 5 nitrogen and oxygen atoms in total. The van der Waals surface area contributed by atoms with E-state index in [1.54, 1.807) is 12.1 Å². The van der Waals surface area contributed by atoms with Crippen molar-refractivity contribution in [3.63, 3.8) is 0 Å². The number of non-ortho nitro benzene ring substituents is 1. The van der Waals surface area contributed by atoms with Gasteiger partial charge in [0.2, 0.25) is 0 Å². The van der Waals surface area contributed by atoms with Gasteiger partial charge in [-0.3, -0.25) is 10.1 Å². The summed E-state index contributed by atoms with van der Waals surface area (Å²) in [5.74, 6) is 0. The average Bonchev–Trinajstić information content (AvgIpc) is 2.92. The second-order valence-electron chi connectivity index (χ2n) is 5.19. The number of nitro benzene ring substituents is 1. The molecular weight excluding hydrogens is 298 g/mol. The highest BCUT2D eigenvalue weighted by atomic mass is 32.1. The number of aryl methyl sites for hydroxylation is 1. The van der Waals surface area contributed by atoms with E-state index in [-0.39, 0.29) is 10.6 Å². The number of nitrogens with zero attached hydrogens (tertiary/aromatic N) is 3. The summed E-state index contributed by atoms with van der Waals surface area (Å²) in [6.07, 6.45) is 0. The fourth-order valence-corrected chi connectivity index (χ4v) is 3.25. The van der Waals surface area contributed by atoms with Crippen LogP contribution in [0.3, 0.4) is 0 Å². The number of benzene rings is 2. The van der Waals surface area contributed by atoms with Crippen LogP contribution >= 0.6 is 11.3 Å². The van der Waals surface area contributed by atoms with Gasteiger partial charge in [-0.2, -0.15) is 0 Å². The summed E-state index contributed by atoms with van der Waals surface area (Å²) < 4.78 is 0.834. The molecule has 0 saturated carbocycles. The molecule has 3 aromatic rings. The second-order valence-corrected chi connectivity index (χ2v) is 6.20. The SMILES string of the molecule is Cc1ccccc1CN(C)c1nc2ccc([N+](=O)[O-])cc2s1. The highest BCUT2D eigenvalue weighted by molar-refractivity contribution is 7.22. The molecule has 3 rings (SSSR count). The number of rotatable bonds is 4. The highest BCUT2D eigenvalue weighted by Crippen LogP contribution is 2.31. The van der Waals surface area contributed by atoms with Crippen molar-refractivity contribution >= 4 is 32.4 Å². The van der Waals surface area contributed by atoms with Crippen LogP contribution in [-0.2, 0) is 6.54 Å². The number of hydrogen-bond acceptors (Lipinski definition) is 5. The Kier molecular flexibility index (Phi) is 3.77. The molecule has 112 valence electrons. The molecule has 1 aromatic heterocycles. The quantitative estimate of drug-likeness (QED) is 0.536. The highest BCUT2D eigenvalue weighted by Gasteiger charge is 2.13. The van der Waals surface area contributed by atoms with Gasteiger partial charge in [0.15, 0.2) is 5.13 Å². The third kappa shape index (κ3) is 2.78. The van der Waals surface area contributed by atoms with Crippen molar-refractivity contribution in [1.29, 1.82) is 0 Å². The van der Waals surface area contributed by atoms with Crippen molar-refractivity contribution in [3.05, 3.63) is 63.7 Å². The molecule has 0 fully saturated rings. The van der Waals surface area contributed by atoms with Crippen LogP contribution in [-0.4, -0.2) is 17.0 Å². The Labute approximate surface area is 132 Å². The monoisotopic (exact) mass is 313 g/mol. The van der Waals surface area contributed by atoms with Crippen LogP contribution in [0.25, 0.3) is 10.2 Å². The number of hydrogen-bond donors (Lipinski definition) is 0. The fourth-order valence-electron chi connectivity index (χ4n) is 2.29. The van der Waals surface area contributed by atoms with Gasteiger partial charge in [0.05, 0.1) is 15.1 Å². The smallest absolute Gasteiger partial charge is 0.270 e. The lowest BCUT2D eigenvalue weighted by atomic mass is 10.1. The Hall–Kier alpha value is -2.47. The van der Waals surface area contributed by atoms with Gasteiger partial charge in [-0.05, 0) is 24.1 Å². The van der Waals surface area contributed by atoms with E-state index in [0.29, 0.717) is 0 Å². The molecule has 0 amide bonds. The first-order chi connectivity index (χ1) is 10.5. The van der Waals surface area contributed by atoms with Gasteiger partial charge in [0.1, 0.15) is 0 Å². The lowest BCUT2D eigenvalue weighted by molar-refractivity contribution is -0.384. The molecule has 0 unspecified atom stereocenters. The predicted molar refractivity (Wildman–Crippen MR) is 89.6 cm³/mol. The molecule has 0 N–H and O–H groups in total. The van der Waals surface area contributed by atoms with Gasteiger partial charge in [-0.25, -0.2) is 4.98 Å². The van der Waals surface area contributed by atoms with Gasteiger partial charge in [-0.1, -0.05) is 35.6 Å². The van der Waals surface area contributed by atoms with Crippen molar-refractivity contribution in [1.82, 2.24) is 4.98 Å². The van der Waals surface area contributed by atoms with E-state index in [9.17, 15) is 10.1 Å². The molecule has 0 bridgehead atoms. The average molecular weight is 313 g/mol. The number of anilines is 1. The van der Waals surface area contributed by atoms with Crippen LogP contribution in [0.5, 0.6) is 0 Å². The molecule has 1 heterocycles. The van der Waals surface area contributed by atoms with E-state index in [0.717, 1.165) is 21.9 Å². The molecule has 6 heteroatoms. The van der Waals surface area contributed by atoms with Gasteiger partial charge in [-0.15, -0.1) is 0 Å². The van der Waals surface area contributed by atoms with Crippen LogP contribution in [0.2, 0.25) is 0 Å². The van der Waals surface area contributed by atoms with E-state index in [1.165, 1.54) is 28.5 Å². The van der Waals surface area contributed by atoms with Gasteiger partial charge in [0.25, 0.3) is 5.69 Å². The first kappa shape index (κ1) is 14.5. The van der Waals surface area contributed by atoms with E-state index in [4.69, 9.17) is 0 Å². The minimum absolute atomic E-state index is 0.101. The second kappa shape index (κ2) is 5.73. The molecule has 0 radical (unpaired) electrons. The summed E-state index contributed by atoms with van der Waals surface area (Å²) in [6, 6.07) is 13.0. The first-order valence-corrected chi connectivity index (χ1v) is 7.67. The summed E-state index contributed by atoms with van der Waals surface area (Å²) in [5.41, 5.74) is 3.38. The molecule has 2 aromatic carbocycles. The number of nitro groups is 1. The molecule has 0 aliphatic rings. The van der Waals surface area contributed by atoms with Gasteiger partial charge >= 0.3 is 0 Å². The zero-order valence-corrected chi connectivity index (χ0v) is 13.1. The number of aromatic nitrogens is 1. The Balaban J connectivity index is 1.89. The van der Waals surface area contributed by atoms with Crippen molar-refractivity contribution < 1.29 is 4.92 Å². The first-order valence-electron chi connectivity index (χ1n) is 6.85. The molecule has 0 spiro atoms. The summed E-state index contributed by atoms with van der Waals surface area (Å²) in [4.78, 5) is 17.1. The van der Waals surface area contributed by atoms with E-state index in [2.05, 4.69) is 28.9 Å². The minimum atomic E-state index is -0.379. The van der Waals surface area contributed by atoms with Crippen LogP contribution < -0.4 is 4.90 Å². The molecular formula is C16H15N3O2S. The third-order valence-electron chi connectivity index (χ3n) is 3.57. The Morgan fingerprint density at radius 3 is 2.77 bits per heavy atom. The van der Waals surface area contributed by atoms with E-state index >= 15 is 0 Å². The van der Waals surface area contributed by atoms with E-state index < -0.39 is 0 Å². The zero-order valence-electron chi connectivity index (χ0n) is 12.3. The standard InChI is InChI=1S/C16H15N3O2S/c1-11-5-3-4-6-12(11)10-18(2)16-17-14-8-7-13(19(20)21)9-15(14)22-16/h3-9H,10H2,1-2H3. The minimum Gasteiger partial charge on any atom is -0.347 e. The maximum Gasteiger partial charge on any atom is 0.270 e. The Morgan fingerprint density at radius 2 is 2.05 bits per heavy atom. The topological polar surface area (TPSA) is 59.3 Å². The van der Waals surface area contributed by atoms with Crippen LogP contribution in [0.15, 0.2) is 42.5 Å². The van der Waals surface area contributed by atoms with Crippen molar-refractivity contribution in [2.75, 3.05) is 11.9 Å². The molecule has 0 saturated heterocycles.